The maximum absolute atomic E-state index is 13.0. The van der Waals surface area contributed by atoms with E-state index in [1.54, 1.807) is 78.9 Å². The van der Waals surface area contributed by atoms with Gasteiger partial charge < -0.3 is 14.7 Å². The number of amides is 1. The first-order valence-corrected chi connectivity index (χ1v) is 9.54. The van der Waals surface area contributed by atoms with E-state index < -0.39 is 24.1 Å². The molecule has 0 aromatic heterocycles. The second-order valence-corrected chi connectivity index (χ2v) is 6.65. The first-order chi connectivity index (χ1) is 14.6. The van der Waals surface area contributed by atoms with E-state index in [1.165, 1.54) is 4.90 Å². The summed E-state index contributed by atoms with van der Waals surface area (Å²) in [5.74, 6) is -1.34. The molecule has 0 spiro atoms. The number of anilines is 1. The molecule has 3 rings (SSSR count). The van der Waals surface area contributed by atoms with Crippen molar-refractivity contribution in [2.45, 2.75) is 5.60 Å². The number of nitrogens with zero attached hydrogens (tertiary/aromatic N) is 1. The van der Waals surface area contributed by atoms with Gasteiger partial charge in [-0.2, -0.15) is 0 Å². The average Bonchev–Trinajstić information content (AvgIpc) is 2.82. The Morgan fingerprint density at radius 3 is 1.80 bits per heavy atom. The molecule has 5 heteroatoms. The summed E-state index contributed by atoms with van der Waals surface area (Å²) in [6.45, 7) is 3.44. The third-order valence-electron chi connectivity index (χ3n) is 4.69. The largest absolute Gasteiger partial charge is 0.453 e. The van der Waals surface area contributed by atoms with Gasteiger partial charge in [-0.1, -0.05) is 84.9 Å². The molecule has 0 bridgehead atoms. The topological polar surface area (TPSA) is 66.8 Å². The van der Waals surface area contributed by atoms with Gasteiger partial charge in [-0.25, -0.2) is 4.79 Å². The van der Waals surface area contributed by atoms with Gasteiger partial charge in [0.25, 0.3) is 5.91 Å². The van der Waals surface area contributed by atoms with Crippen LogP contribution in [0.4, 0.5) is 5.69 Å². The summed E-state index contributed by atoms with van der Waals surface area (Å²) in [5, 5.41) is 11.4. The number of carbonyl (C=O) groups is 2. The average molecular weight is 401 g/mol. The van der Waals surface area contributed by atoms with E-state index in [0.717, 1.165) is 0 Å². The fourth-order valence-electron chi connectivity index (χ4n) is 3.16. The highest BCUT2D eigenvalue weighted by molar-refractivity contribution is 5.96. The van der Waals surface area contributed by atoms with Crippen molar-refractivity contribution in [3.05, 3.63) is 115 Å². The van der Waals surface area contributed by atoms with Crippen LogP contribution in [0.25, 0.3) is 0 Å². The van der Waals surface area contributed by atoms with Gasteiger partial charge in [-0.05, 0) is 23.3 Å². The van der Waals surface area contributed by atoms with Gasteiger partial charge in [0.1, 0.15) is 0 Å². The molecule has 152 valence electrons. The fraction of sp³-hybridized carbons (Fsp3) is 0.120. The first-order valence-electron chi connectivity index (χ1n) is 9.54. The van der Waals surface area contributed by atoms with Crippen LogP contribution in [0.1, 0.15) is 11.1 Å². The summed E-state index contributed by atoms with van der Waals surface area (Å²) < 4.78 is 5.31. The van der Waals surface area contributed by atoms with Crippen molar-refractivity contribution in [2.75, 3.05) is 18.1 Å². The number of ether oxygens (including phenoxy) is 1. The van der Waals surface area contributed by atoms with Crippen molar-refractivity contribution in [1.82, 2.24) is 0 Å². The zero-order valence-electron chi connectivity index (χ0n) is 16.5. The van der Waals surface area contributed by atoms with E-state index in [1.807, 2.05) is 18.2 Å². The number of para-hydroxylation sites is 1. The Morgan fingerprint density at radius 2 is 1.33 bits per heavy atom. The molecular weight excluding hydrogens is 378 g/mol. The lowest BCUT2D eigenvalue weighted by atomic mass is 9.86. The highest BCUT2D eigenvalue weighted by Gasteiger charge is 2.42. The number of hydrogen-bond acceptors (Lipinski definition) is 4. The van der Waals surface area contributed by atoms with Crippen LogP contribution in [0.3, 0.4) is 0 Å². The summed E-state index contributed by atoms with van der Waals surface area (Å²) >= 11 is 0. The van der Waals surface area contributed by atoms with Crippen LogP contribution in [0.5, 0.6) is 0 Å². The molecule has 5 nitrogen and oxygen atoms in total. The normalized spacial score (nSPS) is 10.8. The molecule has 0 atom stereocenters. The Balaban J connectivity index is 1.83. The van der Waals surface area contributed by atoms with E-state index in [9.17, 15) is 14.7 Å². The molecule has 30 heavy (non-hydrogen) atoms. The molecule has 0 unspecified atom stereocenters. The van der Waals surface area contributed by atoms with Crippen molar-refractivity contribution < 1.29 is 19.4 Å². The number of benzene rings is 3. The van der Waals surface area contributed by atoms with Gasteiger partial charge in [0.2, 0.25) is 5.60 Å². The smallest absolute Gasteiger partial charge is 0.348 e. The second kappa shape index (κ2) is 9.67. The van der Waals surface area contributed by atoms with Crippen molar-refractivity contribution >= 4 is 17.6 Å². The van der Waals surface area contributed by atoms with Crippen molar-refractivity contribution in [3.63, 3.8) is 0 Å². The van der Waals surface area contributed by atoms with Crippen LogP contribution in [0.15, 0.2) is 104 Å². The number of esters is 1. The molecule has 3 aromatic rings. The van der Waals surface area contributed by atoms with Gasteiger partial charge in [-0.3, -0.25) is 4.79 Å². The van der Waals surface area contributed by atoms with Crippen LogP contribution >= 0.6 is 0 Å². The summed E-state index contributed by atoms with van der Waals surface area (Å²) in [4.78, 5) is 27.2. The van der Waals surface area contributed by atoms with Gasteiger partial charge in [-0.15, -0.1) is 6.58 Å². The SMILES string of the molecule is C=CCN(C(=O)COC(=O)C(O)(c1ccccc1)c1ccccc1)c1ccccc1. The molecule has 0 aliphatic rings. The van der Waals surface area contributed by atoms with E-state index >= 15 is 0 Å². The van der Waals surface area contributed by atoms with Crippen LogP contribution in [0.2, 0.25) is 0 Å². The minimum Gasteiger partial charge on any atom is -0.453 e. The van der Waals surface area contributed by atoms with E-state index in [0.29, 0.717) is 16.8 Å². The van der Waals surface area contributed by atoms with Crippen LogP contribution in [0, 0.1) is 0 Å². The third-order valence-corrected chi connectivity index (χ3v) is 4.69. The Labute approximate surface area is 175 Å². The van der Waals surface area contributed by atoms with Gasteiger partial charge in [0.15, 0.2) is 6.61 Å². The molecule has 0 saturated heterocycles. The maximum Gasteiger partial charge on any atom is 0.348 e. The summed E-state index contributed by atoms with van der Waals surface area (Å²) in [6, 6.07) is 26.1. The minimum atomic E-state index is -2.03. The molecule has 0 aliphatic carbocycles. The van der Waals surface area contributed by atoms with E-state index in [-0.39, 0.29) is 6.54 Å². The van der Waals surface area contributed by atoms with Crippen molar-refractivity contribution in [1.29, 1.82) is 0 Å². The van der Waals surface area contributed by atoms with Crippen molar-refractivity contribution in [3.8, 4) is 0 Å². The molecular formula is C25H23NO4. The molecule has 0 heterocycles. The molecule has 1 N–H and O–H groups in total. The zero-order chi connectivity index (χ0) is 21.4. The molecule has 1 amide bonds. The molecule has 3 aromatic carbocycles. The fourth-order valence-corrected chi connectivity index (χ4v) is 3.16. The number of rotatable bonds is 8. The summed E-state index contributed by atoms with van der Waals surface area (Å²) in [7, 11) is 0. The molecule has 0 aliphatic heterocycles. The Kier molecular flexibility index (Phi) is 6.78. The van der Waals surface area contributed by atoms with E-state index in [2.05, 4.69) is 6.58 Å². The summed E-state index contributed by atoms with van der Waals surface area (Å²) in [6.07, 6.45) is 1.59. The predicted molar refractivity (Wildman–Crippen MR) is 116 cm³/mol. The standard InChI is InChI=1S/C25H23NO4/c1-2-18-26(22-16-10-5-11-17-22)23(27)19-30-24(28)25(29,20-12-6-3-7-13-20)21-14-8-4-9-15-21/h2-17,29H,1,18-19H2. The highest BCUT2D eigenvalue weighted by atomic mass is 16.6. The first kappa shape index (κ1) is 21.0. The highest BCUT2D eigenvalue weighted by Crippen LogP contribution is 2.31. The van der Waals surface area contributed by atoms with Gasteiger partial charge in [0, 0.05) is 12.2 Å². The van der Waals surface area contributed by atoms with Crippen LogP contribution in [-0.2, 0) is 19.9 Å². The molecule has 0 fully saturated rings. The lowest BCUT2D eigenvalue weighted by Gasteiger charge is -2.28. The second-order valence-electron chi connectivity index (χ2n) is 6.65. The predicted octanol–water partition coefficient (Wildman–Crippen LogP) is 3.68. The van der Waals surface area contributed by atoms with Gasteiger partial charge >= 0.3 is 5.97 Å². The zero-order valence-corrected chi connectivity index (χ0v) is 16.5. The third kappa shape index (κ3) is 4.47. The van der Waals surface area contributed by atoms with Crippen LogP contribution in [-0.4, -0.2) is 30.1 Å². The number of hydrogen-bond donors (Lipinski definition) is 1. The summed E-state index contributed by atoms with van der Waals surface area (Å²) in [5.41, 5.74) is -0.641. The Morgan fingerprint density at radius 1 is 0.867 bits per heavy atom. The van der Waals surface area contributed by atoms with E-state index in [4.69, 9.17) is 4.74 Å². The van der Waals surface area contributed by atoms with Crippen LogP contribution < -0.4 is 4.90 Å². The Hall–Kier alpha value is -3.70. The maximum atomic E-state index is 13.0. The lowest BCUT2D eigenvalue weighted by Crippen LogP contribution is -2.41. The quantitative estimate of drug-likeness (QED) is 0.462. The molecule has 0 radical (unpaired) electrons. The minimum absolute atomic E-state index is 0.266. The lowest BCUT2D eigenvalue weighted by molar-refractivity contribution is -0.164. The Bertz CT molecular complexity index is 948. The molecule has 0 saturated carbocycles. The number of aliphatic hydroxyl groups is 1. The monoisotopic (exact) mass is 401 g/mol. The van der Waals surface area contributed by atoms with Crippen molar-refractivity contribution in [2.24, 2.45) is 0 Å². The van der Waals surface area contributed by atoms with Gasteiger partial charge in [0.05, 0.1) is 0 Å². The number of carbonyl (C=O) groups excluding carboxylic acids is 2.